The number of nitrogens with zero attached hydrogens (tertiary/aromatic N) is 2. The fourth-order valence-corrected chi connectivity index (χ4v) is 2.62. The van der Waals surface area contributed by atoms with Crippen LogP contribution in [0.2, 0.25) is 0 Å². The first-order valence-electron chi connectivity index (χ1n) is 6.58. The van der Waals surface area contributed by atoms with E-state index in [0.717, 1.165) is 31.1 Å². The fraction of sp³-hybridized carbons (Fsp3) is 0.769. The van der Waals surface area contributed by atoms with E-state index in [0.29, 0.717) is 12.1 Å². The highest BCUT2D eigenvalue weighted by atomic mass is 16.5. The van der Waals surface area contributed by atoms with Gasteiger partial charge in [-0.1, -0.05) is 12.1 Å². The molecule has 2 rings (SSSR count). The van der Waals surface area contributed by atoms with Crippen molar-refractivity contribution in [3.05, 3.63) is 17.5 Å². The predicted octanol–water partition coefficient (Wildman–Crippen LogP) is 1.95. The molecule has 1 fully saturated rings. The zero-order chi connectivity index (χ0) is 12.3. The van der Waals surface area contributed by atoms with Crippen LogP contribution in [0.5, 0.6) is 0 Å². The van der Waals surface area contributed by atoms with E-state index in [1.54, 1.807) is 0 Å². The Morgan fingerprint density at radius 3 is 3.00 bits per heavy atom. The van der Waals surface area contributed by atoms with Crippen molar-refractivity contribution in [3.63, 3.8) is 0 Å². The molecular weight excluding hydrogens is 214 g/mol. The number of hydrogen-bond donors (Lipinski definition) is 1. The molecule has 4 heteroatoms. The van der Waals surface area contributed by atoms with Gasteiger partial charge in [0.25, 0.3) is 0 Å². The largest absolute Gasteiger partial charge is 0.360 e. The maximum absolute atomic E-state index is 5.28. The van der Waals surface area contributed by atoms with Gasteiger partial charge in [0.1, 0.15) is 0 Å². The summed E-state index contributed by atoms with van der Waals surface area (Å²) in [6.45, 7) is 9.53. The Hall–Kier alpha value is -0.870. The number of piperidine rings is 1. The molecule has 0 aromatic carbocycles. The maximum atomic E-state index is 5.28. The number of rotatable bonds is 4. The van der Waals surface area contributed by atoms with Gasteiger partial charge in [-0.15, -0.1) is 0 Å². The summed E-state index contributed by atoms with van der Waals surface area (Å²) in [4.78, 5) is 2.48. The molecule has 0 spiro atoms. The summed E-state index contributed by atoms with van der Waals surface area (Å²) in [6.07, 6.45) is 2.45. The van der Waals surface area contributed by atoms with Crippen molar-refractivity contribution in [2.45, 2.75) is 52.2 Å². The van der Waals surface area contributed by atoms with Crippen molar-refractivity contribution in [3.8, 4) is 0 Å². The highest BCUT2D eigenvalue weighted by molar-refractivity contribution is 5.03. The molecule has 2 heterocycles. The fourth-order valence-electron chi connectivity index (χ4n) is 2.62. The average Bonchev–Trinajstić information content (AvgIpc) is 2.69. The van der Waals surface area contributed by atoms with Crippen LogP contribution in [0, 0.1) is 6.92 Å². The van der Waals surface area contributed by atoms with Gasteiger partial charge in [-0.3, -0.25) is 4.90 Å². The first kappa shape index (κ1) is 12.6. The molecule has 1 N–H and O–H groups in total. The van der Waals surface area contributed by atoms with Crippen LogP contribution < -0.4 is 5.32 Å². The molecule has 0 radical (unpaired) electrons. The lowest BCUT2D eigenvalue weighted by molar-refractivity contribution is 0.117. The first-order chi connectivity index (χ1) is 8.19. The molecule has 1 saturated heterocycles. The lowest BCUT2D eigenvalue weighted by Crippen LogP contribution is -2.46. The van der Waals surface area contributed by atoms with Gasteiger partial charge in [0.05, 0.1) is 12.2 Å². The minimum absolute atomic E-state index is 0.609. The van der Waals surface area contributed by atoms with Crippen LogP contribution in [-0.2, 0) is 6.54 Å². The van der Waals surface area contributed by atoms with E-state index in [-0.39, 0.29) is 0 Å². The molecule has 2 atom stereocenters. The quantitative estimate of drug-likeness (QED) is 0.869. The van der Waals surface area contributed by atoms with Crippen LogP contribution >= 0.6 is 0 Å². The third kappa shape index (κ3) is 3.30. The van der Waals surface area contributed by atoms with Crippen molar-refractivity contribution in [2.75, 3.05) is 13.1 Å². The maximum Gasteiger partial charge on any atom is 0.150 e. The molecule has 2 unspecified atom stereocenters. The second kappa shape index (κ2) is 5.65. The number of likely N-dealkylation sites (tertiary alicyclic amines) is 1. The summed E-state index contributed by atoms with van der Waals surface area (Å²) in [5.74, 6) is 0.983. The van der Waals surface area contributed by atoms with Gasteiger partial charge >= 0.3 is 0 Å². The number of hydrogen-bond acceptors (Lipinski definition) is 4. The molecule has 0 aliphatic carbocycles. The summed E-state index contributed by atoms with van der Waals surface area (Å²) < 4.78 is 5.28. The third-order valence-corrected chi connectivity index (χ3v) is 3.54. The normalized spacial score (nSPS) is 26.3. The predicted molar refractivity (Wildman–Crippen MR) is 67.8 cm³/mol. The van der Waals surface area contributed by atoms with Gasteiger partial charge in [-0.25, -0.2) is 0 Å². The molecule has 1 aliphatic heterocycles. The van der Waals surface area contributed by atoms with Crippen molar-refractivity contribution in [2.24, 2.45) is 0 Å². The molecule has 1 aromatic heterocycles. The summed E-state index contributed by atoms with van der Waals surface area (Å²) in [6, 6.07) is 3.32. The van der Waals surface area contributed by atoms with Gasteiger partial charge in [-0.2, -0.15) is 0 Å². The highest BCUT2D eigenvalue weighted by Crippen LogP contribution is 2.20. The van der Waals surface area contributed by atoms with Gasteiger partial charge in [0.15, 0.2) is 5.76 Å². The topological polar surface area (TPSA) is 41.3 Å². The monoisotopic (exact) mass is 237 g/mol. The Bertz CT molecular complexity index is 350. The van der Waals surface area contributed by atoms with Gasteiger partial charge in [-0.05, 0) is 33.2 Å². The van der Waals surface area contributed by atoms with E-state index in [1.807, 2.05) is 13.0 Å². The van der Waals surface area contributed by atoms with E-state index in [4.69, 9.17) is 4.52 Å². The minimum Gasteiger partial charge on any atom is -0.360 e. The molecule has 1 aliphatic rings. The van der Waals surface area contributed by atoms with E-state index in [2.05, 4.69) is 29.2 Å². The Morgan fingerprint density at radius 1 is 1.59 bits per heavy atom. The molecule has 96 valence electrons. The molecule has 1 aromatic rings. The molecule has 0 bridgehead atoms. The molecule has 17 heavy (non-hydrogen) atoms. The lowest BCUT2D eigenvalue weighted by atomic mass is 9.98. The number of nitrogens with one attached hydrogen (secondary N) is 1. The summed E-state index contributed by atoms with van der Waals surface area (Å²) in [5.41, 5.74) is 0.968. The van der Waals surface area contributed by atoms with Crippen LogP contribution in [0.25, 0.3) is 0 Å². The van der Waals surface area contributed by atoms with E-state index >= 15 is 0 Å². The Balaban J connectivity index is 1.87. The highest BCUT2D eigenvalue weighted by Gasteiger charge is 2.25. The van der Waals surface area contributed by atoms with Gasteiger partial charge in [0.2, 0.25) is 0 Å². The van der Waals surface area contributed by atoms with Crippen LogP contribution in [0.15, 0.2) is 10.6 Å². The molecule has 4 nitrogen and oxygen atoms in total. The second-order valence-electron chi connectivity index (χ2n) is 5.03. The third-order valence-electron chi connectivity index (χ3n) is 3.54. The minimum atomic E-state index is 0.609. The van der Waals surface area contributed by atoms with Gasteiger partial charge < -0.3 is 9.84 Å². The summed E-state index contributed by atoms with van der Waals surface area (Å²) in [5, 5.41) is 7.48. The SMILES string of the molecule is CCNC1CCN(Cc2cc(C)no2)C(C)C1. The Labute approximate surface area is 103 Å². The number of aryl methyl sites for hydroxylation is 1. The molecular formula is C13H23N3O. The zero-order valence-corrected chi connectivity index (χ0v) is 11.1. The van der Waals surface area contributed by atoms with Crippen LogP contribution in [0.4, 0.5) is 0 Å². The number of aromatic nitrogens is 1. The molecule has 0 amide bonds. The Morgan fingerprint density at radius 2 is 2.41 bits per heavy atom. The summed E-state index contributed by atoms with van der Waals surface area (Å²) >= 11 is 0. The van der Waals surface area contributed by atoms with Crippen molar-refractivity contribution < 1.29 is 4.52 Å². The van der Waals surface area contributed by atoms with Crippen LogP contribution in [0.3, 0.4) is 0 Å². The Kier molecular flexibility index (Phi) is 4.18. The van der Waals surface area contributed by atoms with E-state index in [9.17, 15) is 0 Å². The van der Waals surface area contributed by atoms with Gasteiger partial charge in [0, 0.05) is 24.7 Å². The average molecular weight is 237 g/mol. The van der Waals surface area contributed by atoms with Crippen LogP contribution in [0.1, 0.15) is 38.1 Å². The summed E-state index contributed by atoms with van der Waals surface area (Å²) in [7, 11) is 0. The first-order valence-corrected chi connectivity index (χ1v) is 6.58. The van der Waals surface area contributed by atoms with Crippen LogP contribution in [-0.4, -0.2) is 35.2 Å². The van der Waals surface area contributed by atoms with E-state index < -0.39 is 0 Å². The van der Waals surface area contributed by atoms with Crippen molar-refractivity contribution in [1.29, 1.82) is 0 Å². The van der Waals surface area contributed by atoms with E-state index in [1.165, 1.54) is 12.8 Å². The standard InChI is InChI=1S/C13H23N3O/c1-4-14-12-5-6-16(11(3)8-12)9-13-7-10(2)15-17-13/h7,11-12,14H,4-6,8-9H2,1-3H3. The smallest absolute Gasteiger partial charge is 0.150 e. The van der Waals surface area contributed by atoms with Crippen molar-refractivity contribution >= 4 is 0 Å². The zero-order valence-electron chi connectivity index (χ0n) is 11.1. The second-order valence-corrected chi connectivity index (χ2v) is 5.03. The lowest BCUT2D eigenvalue weighted by Gasteiger charge is -2.37. The molecule has 0 saturated carbocycles. The van der Waals surface area contributed by atoms with Crippen molar-refractivity contribution in [1.82, 2.24) is 15.4 Å².